The van der Waals surface area contributed by atoms with Gasteiger partial charge < -0.3 is 10.6 Å². The minimum Gasteiger partial charge on any atom is -0.324 e. The van der Waals surface area contributed by atoms with Gasteiger partial charge in [0.25, 0.3) is 0 Å². The molecule has 23 heavy (non-hydrogen) atoms. The van der Waals surface area contributed by atoms with Crippen LogP contribution in [0.25, 0.3) is 0 Å². The number of thioether (sulfide) groups is 1. The number of nitrogens with zero attached hydrogens (tertiary/aromatic N) is 2. The Hall–Kier alpha value is -1.83. The molecule has 9 heteroatoms. The first-order valence-electron chi connectivity index (χ1n) is 6.43. The van der Waals surface area contributed by atoms with Crippen LogP contribution in [0.1, 0.15) is 6.92 Å². The summed E-state index contributed by atoms with van der Waals surface area (Å²) in [6, 6.07) is 8.29. The lowest BCUT2D eigenvalue weighted by molar-refractivity contribution is -0.114. The number of carbonyl (C=O) groups excluding carboxylic acids is 2. The van der Waals surface area contributed by atoms with Crippen molar-refractivity contribution < 1.29 is 9.59 Å². The number of rotatable bonds is 5. The second-order valence-electron chi connectivity index (χ2n) is 4.38. The molecule has 2 rings (SSSR count). The summed E-state index contributed by atoms with van der Waals surface area (Å²) >= 11 is 13.1. The summed E-state index contributed by atoms with van der Waals surface area (Å²) in [5.74, 6) is 0.0261. The minimum atomic E-state index is -0.244. The van der Waals surface area contributed by atoms with Gasteiger partial charge in [-0.25, -0.2) is 0 Å². The molecule has 0 aliphatic carbocycles. The van der Waals surface area contributed by atoms with E-state index in [-0.39, 0.29) is 17.6 Å². The Bertz CT molecular complexity index is 725. The van der Waals surface area contributed by atoms with Gasteiger partial charge in [0, 0.05) is 6.92 Å². The first-order valence-corrected chi connectivity index (χ1v) is 8.18. The molecule has 120 valence electrons. The third-order valence-corrected chi connectivity index (χ3v) is 4.26. The average molecular weight is 371 g/mol. The van der Waals surface area contributed by atoms with Crippen LogP contribution in [-0.4, -0.2) is 27.8 Å². The molecule has 6 nitrogen and oxygen atoms in total. The van der Waals surface area contributed by atoms with Gasteiger partial charge in [0.1, 0.15) is 5.03 Å². The molecule has 0 radical (unpaired) electrons. The van der Waals surface area contributed by atoms with Gasteiger partial charge in [-0.2, -0.15) is 0 Å². The van der Waals surface area contributed by atoms with Crippen molar-refractivity contribution in [3.8, 4) is 0 Å². The third-order valence-electron chi connectivity index (χ3n) is 2.52. The van der Waals surface area contributed by atoms with Crippen molar-refractivity contribution >= 4 is 58.3 Å². The first kappa shape index (κ1) is 17.5. The second kappa shape index (κ2) is 8.14. The Morgan fingerprint density at radius 1 is 1.13 bits per heavy atom. The Morgan fingerprint density at radius 3 is 2.57 bits per heavy atom. The topological polar surface area (TPSA) is 84.0 Å². The van der Waals surface area contributed by atoms with E-state index >= 15 is 0 Å². The molecule has 2 aromatic rings. The van der Waals surface area contributed by atoms with Crippen molar-refractivity contribution in [2.45, 2.75) is 11.9 Å². The monoisotopic (exact) mass is 370 g/mol. The Balaban J connectivity index is 1.89. The lowest BCUT2D eigenvalue weighted by Crippen LogP contribution is -2.14. The van der Waals surface area contributed by atoms with Crippen molar-refractivity contribution in [1.82, 2.24) is 10.2 Å². The van der Waals surface area contributed by atoms with Crippen molar-refractivity contribution in [1.29, 1.82) is 0 Å². The van der Waals surface area contributed by atoms with E-state index in [1.807, 2.05) is 0 Å². The van der Waals surface area contributed by atoms with Crippen LogP contribution in [0.3, 0.4) is 0 Å². The van der Waals surface area contributed by atoms with Crippen LogP contribution in [0.2, 0.25) is 10.0 Å². The molecule has 1 aromatic carbocycles. The number of nitrogens with one attached hydrogen (secondary N) is 2. The maximum Gasteiger partial charge on any atom is 0.234 e. The predicted octanol–water partition coefficient (Wildman–Crippen LogP) is 3.47. The number of hydrogen-bond acceptors (Lipinski definition) is 5. The normalized spacial score (nSPS) is 10.2. The van der Waals surface area contributed by atoms with Gasteiger partial charge in [0.15, 0.2) is 5.82 Å². The number of anilines is 2. The highest BCUT2D eigenvalue weighted by atomic mass is 35.5. The Kier molecular flexibility index (Phi) is 6.20. The molecule has 0 fully saturated rings. The zero-order chi connectivity index (χ0) is 16.8. The quantitative estimate of drug-likeness (QED) is 0.787. The van der Waals surface area contributed by atoms with E-state index in [1.54, 1.807) is 30.3 Å². The fourth-order valence-electron chi connectivity index (χ4n) is 1.57. The lowest BCUT2D eigenvalue weighted by Gasteiger charge is -2.07. The maximum absolute atomic E-state index is 11.9. The van der Waals surface area contributed by atoms with Gasteiger partial charge in [0.2, 0.25) is 11.8 Å². The molecular formula is C14H12Cl2N4O2S. The van der Waals surface area contributed by atoms with Crippen LogP contribution in [0, 0.1) is 0 Å². The molecule has 1 aromatic heterocycles. The largest absolute Gasteiger partial charge is 0.324 e. The van der Waals surface area contributed by atoms with Crippen LogP contribution in [0.5, 0.6) is 0 Å². The highest BCUT2D eigenvalue weighted by Gasteiger charge is 2.09. The van der Waals surface area contributed by atoms with Crippen LogP contribution in [0.15, 0.2) is 35.4 Å². The standard InChI is InChI=1S/C14H12Cl2N4O2S/c1-8(21)17-11-5-6-13(20-19-11)23-7-12(22)18-10-4-2-3-9(15)14(10)16/h2-6H,7H2,1H3,(H,18,22)(H,17,19,21). The van der Waals surface area contributed by atoms with Crippen molar-refractivity contribution in [3.05, 3.63) is 40.4 Å². The van der Waals surface area contributed by atoms with Gasteiger partial charge in [-0.3, -0.25) is 9.59 Å². The number of halogens is 2. The molecule has 2 N–H and O–H groups in total. The molecule has 0 aliphatic heterocycles. The fourth-order valence-corrected chi connectivity index (χ4v) is 2.53. The van der Waals surface area contributed by atoms with E-state index in [0.717, 1.165) is 0 Å². The molecule has 1 heterocycles. The first-order chi connectivity index (χ1) is 11.0. The van der Waals surface area contributed by atoms with E-state index in [9.17, 15) is 9.59 Å². The molecule has 0 saturated heterocycles. The summed E-state index contributed by atoms with van der Waals surface area (Å²) in [5, 5.41) is 14.2. The maximum atomic E-state index is 11.9. The van der Waals surface area contributed by atoms with Crippen molar-refractivity contribution in [2.75, 3.05) is 16.4 Å². The van der Waals surface area contributed by atoms with Crippen LogP contribution >= 0.6 is 35.0 Å². The molecule has 0 saturated carbocycles. The molecule has 0 unspecified atom stereocenters. The number of hydrogen-bond donors (Lipinski definition) is 2. The van der Waals surface area contributed by atoms with Gasteiger partial charge >= 0.3 is 0 Å². The Morgan fingerprint density at radius 2 is 1.91 bits per heavy atom. The van der Waals surface area contributed by atoms with Crippen LogP contribution in [-0.2, 0) is 9.59 Å². The molecule has 0 spiro atoms. The highest BCUT2D eigenvalue weighted by Crippen LogP contribution is 2.29. The van der Waals surface area contributed by atoms with E-state index in [1.165, 1.54) is 18.7 Å². The van der Waals surface area contributed by atoms with Crippen molar-refractivity contribution in [3.63, 3.8) is 0 Å². The van der Waals surface area contributed by atoms with Gasteiger partial charge in [-0.05, 0) is 24.3 Å². The van der Waals surface area contributed by atoms with Crippen LogP contribution in [0.4, 0.5) is 11.5 Å². The summed E-state index contributed by atoms with van der Waals surface area (Å²) in [7, 11) is 0. The molecule has 2 amide bonds. The predicted molar refractivity (Wildman–Crippen MR) is 92.2 cm³/mol. The zero-order valence-electron chi connectivity index (χ0n) is 12.0. The summed E-state index contributed by atoms with van der Waals surface area (Å²) in [4.78, 5) is 22.8. The Labute approximate surface area is 147 Å². The van der Waals surface area contributed by atoms with Gasteiger partial charge in [-0.15, -0.1) is 10.2 Å². The van der Waals surface area contributed by atoms with E-state index in [4.69, 9.17) is 23.2 Å². The molecular weight excluding hydrogens is 359 g/mol. The van der Waals surface area contributed by atoms with E-state index in [2.05, 4.69) is 20.8 Å². The number of benzene rings is 1. The van der Waals surface area contributed by atoms with Crippen LogP contribution < -0.4 is 10.6 Å². The summed E-state index contributed by atoms with van der Waals surface area (Å²) < 4.78 is 0. The lowest BCUT2D eigenvalue weighted by atomic mass is 10.3. The summed E-state index contributed by atoms with van der Waals surface area (Å²) in [6.07, 6.45) is 0. The van der Waals surface area contributed by atoms with Gasteiger partial charge in [0.05, 0.1) is 21.5 Å². The van der Waals surface area contributed by atoms with Crippen molar-refractivity contribution in [2.24, 2.45) is 0 Å². The summed E-state index contributed by atoms with van der Waals surface area (Å²) in [5.41, 5.74) is 0.455. The summed E-state index contributed by atoms with van der Waals surface area (Å²) in [6.45, 7) is 1.38. The SMILES string of the molecule is CC(=O)Nc1ccc(SCC(=O)Nc2cccc(Cl)c2Cl)nn1. The minimum absolute atomic E-state index is 0.136. The fraction of sp³-hybridized carbons (Fsp3) is 0.143. The molecule has 0 atom stereocenters. The smallest absolute Gasteiger partial charge is 0.234 e. The number of carbonyl (C=O) groups is 2. The number of amides is 2. The molecule has 0 bridgehead atoms. The van der Waals surface area contributed by atoms with E-state index in [0.29, 0.717) is 26.6 Å². The second-order valence-corrected chi connectivity index (χ2v) is 6.16. The number of aromatic nitrogens is 2. The average Bonchev–Trinajstić information content (AvgIpc) is 2.51. The zero-order valence-corrected chi connectivity index (χ0v) is 14.3. The molecule has 0 aliphatic rings. The highest BCUT2D eigenvalue weighted by molar-refractivity contribution is 7.99. The van der Waals surface area contributed by atoms with Gasteiger partial charge in [-0.1, -0.05) is 41.0 Å². The third kappa shape index (κ3) is 5.38. The van der Waals surface area contributed by atoms with E-state index < -0.39 is 0 Å².